The molecule has 1 aliphatic rings. The lowest BCUT2D eigenvalue weighted by Crippen LogP contribution is -2.35. The van der Waals surface area contributed by atoms with Crippen molar-refractivity contribution in [3.63, 3.8) is 0 Å². The van der Waals surface area contributed by atoms with E-state index in [1.54, 1.807) is 0 Å². The third-order valence-corrected chi connectivity index (χ3v) is 4.43. The molecule has 2 nitrogen and oxygen atoms in total. The first-order valence-electron chi connectivity index (χ1n) is 7.89. The van der Waals surface area contributed by atoms with Crippen LogP contribution in [0.3, 0.4) is 0 Å². The van der Waals surface area contributed by atoms with Crippen molar-refractivity contribution in [2.24, 2.45) is 5.73 Å². The Morgan fingerprint density at radius 3 is 2.74 bits per heavy atom. The van der Waals surface area contributed by atoms with Crippen LogP contribution in [0.1, 0.15) is 64.0 Å². The zero-order valence-electron chi connectivity index (χ0n) is 12.4. The monoisotopic (exact) mass is 260 g/mol. The summed E-state index contributed by atoms with van der Waals surface area (Å²) in [5.74, 6) is 0. The van der Waals surface area contributed by atoms with Gasteiger partial charge >= 0.3 is 0 Å². The Balaban J connectivity index is 2.32. The van der Waals surface area contributed by atoms with E-state index in [-0.39, 0.29) is 6.04 Å². The van der Waals surface area contributed by atoms with E-state index in [4.69, 9.17) is 5.73 Å². The first-order valence-corrected chi connectivity index (χ1v) is 7.89. The third kappa shape index (κ3) is 3.30. The molecule has 1 fully saturated rings. The maximum atomic E-state index is 6.30. The molecule has 2 heteroatoms. The first-order chi connectivity index (χ1) is 9.27. The number of benzene rings is 1. The molecule has 2 unspecified atom stereocenters. The molecular formula is C17H28N2. The normalized spacial score (nSPS) is 22.1. The van der Waals surface area contributed by atoms with Crippen LogP contribution in [-0.4, -0.2) is 12.6 Å². The average Bonchev–Trinajstić information content (AvgIpc) is 2.71. The fraction of sp³-hybridized carbons (Fsp3) is 0.647. The summed E-state index contributed by atoms with van der Waals surface area (Å²) in [6.07, 6.45) is 7.61. The van der Waals surface area contributed by atoms with Crippen molar-refractivity contribution in [1.82, 2.24) is 0 Å². The SMILES string of the molecule is CCC(N)c1ccccc1N1CCCCCC1CC. The van der Waals surface area contributed by atoms with Crippen molar-refractivity contribution in [2.45, 2.75) is 64.5 Å². The second-order valence-electron chi connectivity index (χ2n) is 5.68. The fourth-order valence-electron chi connectivity index (χ4n) is 3.20. The number of anilines is 1. The molecule has 0 spiro atoms. The number of hydrogen-bond acceptors (Lipinski definition) is 2. The van der Waals surface area contributed by atoms with Gasteiger partial charge in [-0.25, -0.2) is 0 Å². The lowest BCUT2D eigenvalue weighted by Gasteiger charge is -2.34. The van der Waals surface area contributed by atoms with Crippen LogP contribution < -0.4 is 10.6 Å². The summed E-state index contributed by atoms with van der Waals surface area (Å²) < 4.78 is 0. The van der Waals surface area contributed by atoms with Crippen molar-refractivity contribution in [1.29, 1.82) is 0 Å². The molecule has 0 radical (unpaired) electrons. The van der Waals surface area contributed by atoms with Gasteiger partial charge in [0.1, 0.15) is 0 Å². The molecule has 2 N–H and O–H groups in total. The largest absolute Gasteiger partial charge is 0.368 e. The summed E-state index contributed by atoms with van der Waals surface area (Å²) in [6, 6.07) is 9.59. The number of nitrogens with zero attached hydrogens (tertiary/aromatic N) is 1. The summed E-state index contributed by atoms with van der Waals surface area (Å²) in [6.45, 7) is 5.67. The van der Waals surface area contributed by atoms with Gasteiger partial charge in [0.25, 0.3) is 0 Å². The minimum absolute atomic E-state index is 0.164. The maximum absolute atomic E-state index is 6.30. The standard InChI is InChI=1S/C17H28N2/c1-3-14-10-6-5-9-13-19(14)17-12-8-7-11-15(17)16(18)4-2/h7-8,11-12,14,16H,3-6,9-10,13,18H2,1-2H3. The third-order valence-electron chi connectivity index (χ3n) is 4.43. The molecule has 106 valence electrons. The summed E-state index contributed by atoms with van der Waals surface area (Å²) in [5.41, 5.74) is 9.01. The molecule has 1 aromatic carbocycles. The average molecular weight is 260 g/mol. The Morgan fingerprint density at radius 1 is 1.21 bits per heavy atom. The van der Waals surface area contributed by atoms with Crippen LogP contribution in [0.5, 0.6) is 0 Å². The van der Waals surface area contributed by atoms with Gasteiger partial charge in [-0.15, -0.1) is 0 Å². The van der Waals surface area contributed by atoms with E-state index < -0.39 is 0 Å². The van der Waals surface area contributed by atoms with Gasteiger partial charge in [0, 0.05) is 24.3 Å². The molecule has 2 rings (SSSR count). The van der Waals surface area contributed by atoms with Crippen LogP contribution in [-0.2, 0) is 0 Å². The first kappa shape index (κ1) is 14.4. The van der Waals surface area contributed by atoms with Gasteiger partial charge in [0.05, 0.1) is 0 Å². The maximum Gasteiger partial charge on any atom is 0.0417 e. The van der Waals surface area contributed by atoms with Gasteiger partial charge in [0.2, 0.25) is 0 Å². The van der Waals surface area contributed by atoms with Crippen molar-refractivity contribution in [3.05, 3.63) is 29.8 Å². The summed E-state index contributed by atoms with van der Waals surface area (Å²) in [4.78, 5) is 2.62. The van der Waals surface area contributed by atoms with Gasteiger partial charge in [-0.1, -0.05) is 44.9 Å². The van der Waals surface area contributed by atoms with Crippen molar-refractivity contribution < 1.29 is 0 Å². The minimum Gasteiger partial charge on any atom is -0.368 e. The van der Waals surface area contributed by atoms with Crippen LogP contribution in [0.4, 0.5) is 5.69 Å². The van der Waals surface area contributed by atoms with Crippen LogP contribution in [0, 0.1) is 0 Å². The smallest absolute Gasteiger partial charge is 0.0417 e. The number of rotatable bonds is 4. The highest BCUT2D eigenvalue weighted by Gasteiger charge is 2.22. The van der Waals surface area contributed by atoms with E-state index in [0.29, 0.717) is 6.04 Å². The van der Waals surface area contributed by atoms with Crippen molar-refractivity contribution in [2.75, 3.05) is 11.4 Å². The van der Waals surface area contributed by atoms with E-state index in [2.05, 4.69) is 43.0 Å². The number of nitrogens with two attached hydrogens (primary N) is 1. The Hall–Kier alpha value is -1.02. The van der Waals surface area contributed by atoms with Crippen LogP contribution in [0.15, 0.2) is 24.3 Å². The molecule has 0 amide bonds. The molecule has 2 atom stereocenters. The molecule has 1 saturated heterocycles. The fourth-order valence-corrected chi connectivity index (χ4v) is 3.20. The second-order valence-corrected chi connectivity index (χ2v) is 5.68. The van der Waals surface area contributed by atoms with Crippen molar-refractivity contribution >= 4 is 5.69 Å². The van der Waals surface area contributed by atoms with Gasteiger partial charge in [-0.3, -0.25) is 0 Å². The Labute approximate surface area is 118 Å². The second kappa shape index (κ2) is 6.95. The zero-order valence-corrected chi connectivity index (χ0v) is 12.4. The zero-order chi connectivity index (χ0) is 13.7. The predicted octanol–water partition coefficient (Wildman–Crippen LogP) is 4.26. The molecular weight excluding hydrogens is 232 g/mol. The van der Waals surface area contributed by atoms with Crippen molar-refractivity contribution in [3.8, 4) is 0 Å². The molecule has 0 aliphatic carbocycles. The highest BCUT2D eigenvalue weighted by Crippen LogP contribution is 2.32. The lowest BCUT2D eigenvalue weighted by molar-refractivity contribution is 0.552. The molecule has 0 bridgehead atoms. The topological polar surface area (TPSA) is 29.3 Å². The quantitative estimate of drug-likeness (QED) is 0.876. The molecule has 19 heavy (non-hydrogen) atoms. The number of para-hydroxylation sites is 1. The molecule has 1 heterocycles. The minimum atomic E-state index is 0.164. The van der Waals surface area contributed by atoms with Gasteiger partial charge in [0.15, 0.2) is 0 Å². The predicted molar refractivity (Wildman–Crippen MR) is 83.6 cm³/mol. The molecule has 1 aliphatic heterocycles. The lowest BCUT2D eigenvalue weighted by atomic mass is 10.00. The Morgan fingerprint density at radius 2 is 2.00 bits per heavy atom. The molecule has 0 aromatic heterocycles. The number of hydrogen-bond donors (Lipinski definition) is 1. The van der Waals surface area contributed by atoms with Gasteiger partial charge in [-0.2, -0.15) is 0 Å². The summed E-state index contributed by atoms with van der Waals surface area (Å²) in [7, 11) is 0. The highest BCUT2D eigenvalue weighted by molar-refractivity contribution is 5.56. The Kier molecular flexibility index (Phi) is 5.26. The summed E-state index contributed by atoms with van der Waals surface area (Å²) in [5, 5.41) is 0. The van der Waals surface area contributed by atoms with E-state index >= 15 is 0 Å². The van der Waals surface area contributed by atoms with Crippen LogP contribution >= 0.6 is 0 Å². The summed E-state index contributed by atoms with van der Waals surface area (Å²) >= 11 is 0. The highest BCUT2D eigenvalue weighted by atomic mass is 15.2. The van der Waals surface area contributed by atoms with E-state index in [9.17, 15) is 0 Å². The Bertz CT molecular complexity index is 389. The van der Waals surface area contributed by atoms with Gasteiger partial charge in [-0.05, 0) is 37.3 Å². The van der Waals surface area contributed by atoms with Gasteiger partial charge < -0.3 is 10.6 Å². The van der Waals surface area contributed by atoms with Crippen LogP contribution in [0.25, 0.3) is 0 Å². The van der Waals surface area contributed by atoms with E-state index in [1.807, 2.05) is 0 Å². The van der Waals surface area contributed by atoms with E-state index in [0.717, 1.165) is 6.42 Å². The van der Waals surface area contributed by atoms with Crippen LogP contribution in [0.2, 0.25) is 0 Å². The molecule has 1 aromatic rings. The molecule has 0 saturated carbocycles. The van der Waals surface area contributed by atoms with E-state index in [1.165, 1.54) is 49.9 Å².